The van der Waals surface area contributed by atoms with Gasteiger partial charge in [0, 0.05) is 63.6 Å². The zero-order chi connectivity index (χ0) is 27.4. The summed E-state index contributed by atoms with van der Waals surface area (Å²) in [5.41, 5.74) is 3.06. The van der Waals surface area contributed by atoms with E-state index in [4.69, 9.17) is 10.6 Å². The molecule has 4 aromatic rings. The summed E-state index contributed by atoms with van der Waals surface area (Å²) in [4.78, 5) is 27.1. The number of halogens is 1. The summed E-state index contributed by atoms with van der Waals surface area (Å²) in [6, 6.07) is 7.19. The van der Waals surface area contributed by atoms with Crippen LogP contribution in [0.4, 0.5) is 27.4 Å². The molecule has 12 heteroatoms. The maximum absolute atomic E-state index is 14.8. The van der Waals surface area contributed by atoms with Gasteiger partial charge in [-0.3, -0.25) is 10.6 Å². The third-order valence-electron chi connectivity index (χ3n) is 5.93. The molecule has 0 aliphatic heterocycles. The highest BCUT2D eigenvalue weighted by molar-refractivity contribution is 6.02. The molecule has 0 unspecified atom stereocenters. The SMILES string of the molecule is C=CC(=O)Nc1cc(Nc2ncc(F)c(-c3cnc4c(ccn4C)c3)n2)c(OC)cc1N(C)CCN(C)N. The van der Waals surface area contributed by atoms with Gasteiger partial charge in [0.05, 0.1) is 30.4 Å². The van der Waals surface area contributed by atoms with Gasteiger partial charge in [-0.15, -0.1) is 0 Å². The minimum Gasteiger partial charge on any atom is -0.494 e. The van der Waals surface area contributed by atoms with Crippen LogP contribution in [0.2, 0.25) is 0 Å². The van der Waals surface area contributed by atoms with Gasteiger partial charge in [0.1, 0.15) is 17.1 Å². The summed E-state index contributed by atoms with van der Waals surface area (Å²) in [6.07, 6.45) is 5.74. The van der Waals surface area contributed by atoms with Gasteiger partial charge < -0.3 is 24.8 Å². The van der Waals surface area contributed by atoms with Gasteiger partial charge in [-0.05, 0) is 24.3 Å². The van der Waals surface area contributed by atoms with Crippen LogP contribution in [-0.4, -0.2) is 64.7 Å². The quantitative estimate of drug-likeness (QED) is 0.164. The van der Waals surface area contributed by atoms with E-state index < -0.39 is 5.82 Å². The molecule has 3 aromatic heterocycles. The van der Waals surface area contributed by atoms with E-state index in [9.17, 15) is 9.18 Å². The average Bonchev–Trinajstić information content (AvgIpc) is 3.28. The summed E-state index contributed by atoms with van der Waals surface area (Å²) >= 11 is 0. The van der Waals surface area contributed by atoms with E-state index in [1.807, 2.05) is 41.9 Å². The fraction of sp³-hybridized carbons (Fsp3) is 0.231. The van der Waals surface area contributed by atoms with Crippen LogP contribution in [0.1, 0.15) is 0 Å². The van der Waals surface area contributed by atoms with Crippen molar-refractivity contribution in [1.29, 1.82) is 0 Å². The Morgan fingerprint density at radius 1 is 1.21 bits per heavy atom. The lowest BCUT2D eigenvalue weighted by Crippen LogP contribution is -2.35. The van der Waals surface area contributed by atoms with Gasteiger partial charge in [-0.1, -0.05) is 6.58 Å². The van der Waals surface area contributed by atoms with Gasteiger partial charge in [-0.2, -0.15) is 0 Å². The molecule has 1 amide bonds. The Kier molecular flexibility index (Phi) is 7.84. The topological polar surface area (TPSA) is 126 Å². The van der Waals surface area contributed by atoms with Gasteiger partial charge in [0.2, 0.25) is 11.9 Å². The lowest BCUT2D eigenvalue weighted by Gasteiger charge is -2.25. The van der Waals surface area contributed by atoms with Crippen LogP contribution < -0.4 is 26.1 Å². The van der Waals surface area contributed by atoms with Crippen LogP contribution in [-0.2, 0) is 11.8 Å². The second-order valence-corrected chi connectivity index (χ2v) is 8.74. The number of carbonyl (C=O) groups is 1. The second kappa shape index (κ2) is 11.2. The molecule has 198 valence electrons. The lowest BCUT2D eigenvalue weighted by atomic mass is 10.1. The standard InChI is InChI=1S/C26H30FN9O2/c1-6-23(37)31-19-12-20(22(38-5)13-21(19)34(2)9-10-36(4)28)32-26-30-15-18(27)24(33-26)17-11-16-7-8-35(3)25(16)29-14-17/h6-8,11-15H,1,9-10,28H2,2-5H3,(H,31,37)(H,30,32,33). The smallest absolute Gasteiger partial charge is 0.247 e. The van der Waals surface area contributed by atoms with Crippen molar-refractivity contribution in [2.45, 2.75) is 0 Å². The number of hydrogen-bond acceptors (Lipinski definition) is 9. The van der Waals surface area contributed by atoms with Gasteiger partial charge in [-0.25, -0.2) is 24.4 Å². The minimum atomic E-state index is -0.583. The van der Waals surface area contributed by atoms with E-state index in [0.717, 1.165) is 17.2 Å². The molecule has 3 heterocycles. The zero-order valence-electron chi connectivity index (χ0n) is 21.7. The summed E-state index contributed by atoms with van der Waals surface area (Å²) < 4.78 is 22.3. The van der Waals surface area contributed by atoms with E-state index in [-0.39, 0.29) is 17.5 Å². The van der Waals surface area contributed by atoms with Crippen LogP contribution in [0.5, 0.6) is 5.75 Å². The number of aromatic nitrogens is 4. The summed E-state index contributed by atoms with van der Waals surface area (Å²) in [6.45, 7) is 4.70. The van der Waals surface area contributed by atoms with Crippen molar-refractivity contribution in [3.8, 4) is 17.0 Å². The summed E-state index contributed by atoms with van der Waals surface area (Å²) in [7, 11) is 7.06. The number of anilines is 4. The number of aryl methyl sites for hydroxylation is 1. The number of amides is 1. The number of nitrogens with two attached hydrogens (primary N) is 1. The van der Waals surface area contributed by atoms with E-state index in [1.54, 1.807) is 30.4 Å². The monoisotopic (exact) mass is 519 g/mol. The molecule has 11 nitrogen and oxygen atoms in total. The van der Waals surface area contributed by atoms with E-state index in [2.05, 4.69) is 32.2 Å². The molecule has 0 aliphatic rings. The molecule has 0 saturated carbocycles. The molecular weight excluding hydrogens is 489 g/mol. The van der Waals surface area contributed by atoms with Crippen molar-refractivity contribution in [1.82, 2.24) is 24.5 Å². The van der Waals surface area contributed by atoms with Crippen molar-refractivity contribution < 1.29 is 13.9 Å². The molecule has 0 bridgehead atoms. The fourth-order valence-corrected chi connectivity index (χ4v) is 3.90. The van der Waals surface area contributed by atoms with Crippen LogP contribution >= 0.6 is 0 Å². The predicted molar refractivity (Wildman–Crippen MR) is 147 cm³/mol. The molecule has 4 N–H and O–H groups in total. The number of ether oxygens (including phenoxy) is 1. The third kappa shape index (κ3) is 5.71. The number of hydrazine groups is 1. The molecule has 1 aromatic carbocycles. The highest BCUT2D eigenvalue weighted by Crippen LogP contribution is 2.38. The molecule has 0 atom stereocenters. The van der Waals surface area contributed by atoms with Crippen LogP contribution in [0.3, 0.4) is 0 Å². The molecular formula is C26H30FN9O2. The molecule has 0 fully saturated rings. The first kappa shape index (κ1) is 26.5. The van der Waals surface area contributed by atoms with Crippen LogP contribution in [0.25, 0.3) is 22.3 Å². The number of rotatable bonds is 10. The Morgan fingerprint density at radius 3 is 2.71 bits per heavy atom. The van der Waals surface area contributed by atoms with E-state index in [0.29, 0.717) is 41.5 Å². The number of nitrogens with zero attached hydrogens (tertiary/aromatic N) is 6. The van der Waals surface area contributed by atoms with E-state index >= 15 is 0 Å². The molecule has 0 aliphatic carbocycles. The van der Waals surface area contributed by atoms with Gasteiger partial charge in [0.15, 0.2) is 5.82 Å². The summed E-state index contributed by atoms with van der Waals surface area (Å²) in [5.74, 6) is 5.40. The third-order valence-corrected chi connectivity index (χ3v) is 5.93. The maximum atomic E-state index is 14.8. The Hall–Kier alpha value is -4.55. The number of likely N-dealkylation sites (N-methyl/N-ethyl adjacent to an activating group) is 2. The van der Waals surface area contributed by atoms with Crippen molar-refractivity contribution >= 4 is 40.0 Å². The first-order valence-electron chi connectivity index (χ1n) is 11.7. The number of benzene rings is 1. The molecule has 38 heavy (non-hydrogen) atoms. The predicted octanol–water partition coefficient (Wildman–Crippen LogP) is 3.29. The van der Waals surface area contributed by atoms with E-state index in [1.165, 1.54) is 13.2 Å². The van der Waals surface area contributed by atoms with Gasteiger partial charge >= 0.3 is 0 Å². The molecule has 0 radical (unpaired) electrons. The second-order valence-electron chi connectivity index (χ2n) is 8.74. The molecule has 4 rings (SSSR count). The normalized spacial score (nSPS) is 11.0. The molecule has 0 saturated heterocycles. The number of methoxy groups -OCH3 is 1. The lowest BCUT2D eigenvalue weighted by molar-refractivity contribution is -0.111. The first-order chi connectivity index (χ1) is 18.2. The first-order valence-corrected chi connectivity index (χ1v) is 11.7. The van der Waals surface area contributed by atoms with Gasteiger partial charge in [0.25, 0.3) is 0 Å². The molecule has 0 spiro atoms. The highest BCUT2D eigenvalue weighted by Gasteiger charge is 2.18. The highest BCUT2D eigenvalue weighted by atomic mass is 19.1. The van der Waals surface area contributed by atoms with Crippen molar-refractivity contribution in [3.05, 3.63) is 61.3 Å². The average molecular weight is 520 g/mol. The fourth-order valence-electron chi connectivity index (χ4n) is 3.90. The van der Waals surface area contributed by atoms with Crippen LogP contribution in [0.15, 0.2) is 55.5 Å². The van der Waals surface area contributed by atoms with Crippen molar-refractivity contribution in [2.24, 2.45) is 12.9 Å². The zero-order valence-corrected chi connectivity index (χ0v) is 21.7. The van der Waals surface area contributed by atoms with Crippen LogP contribution in [0, 0.1) is 5.82 Å². The minimum absolute atomic E-state index is 0.0992. The van der Waals surface area contributed by atoms with Crippen molar-refractivity contribution in [3.63, 3.8) is 0 Å². The summed E-state index contributed by atoms with van der Waals surface area (Å²) in [5, 5.41) is 8.34. The number of carbonyl (C=O) groups excluding carboxylic acids is 1. The van der Waals surface area contributed by atoms with Crippen molar-refractivity contribution in [2.75, 3.05) is 49.8 Å². The number of fused-ring (bicyclic) bond motifs is 1. The maximum Gasteiger partial charge on any atom is 0.247 e. The Morgan fingerprint density at radius 2 is 2.00 bits per heavy atom. The Bertz CT molecular complexity index is 1490. The Balaban J connectivity index is 1.71. The largest absolute Gasteiger partial charge is 0.494 e. The number of nitrogens with one attached hydrogen (secondary N) is 2. The number of hydrogen-bond donors (Lipinski definition) is 3. The number of pyridine rings is 1. The Labute approximate surface area is 219 Å².